The van der Waals surface area contributed by atoms with Gasteiger partial charge in [0.1, 0.15) is 18.0 Å². The number of piperazine rings is 1. The molecule has 1 aromatic heterocycles. The minimum atomic E-state index is -1.29. The van der Waals surface area contributed by atoms with Crippen molar-refractivity contribution in [3.63, 3.8) is 0 Å². The Morgan fingerprint density at radius 1 is 1.05 bits per heavy atom. The molecular formula is C31H44FN3O5S. The van der Waals surface area contributed by atoms with Gasteiger partial charge in [0.15, 0.2) is 0 Å². The highest BCUT2D eigenvalue weighted by molar-refractivity contribution is 8.00. The van der Waals surface area contributed by atoms with E-state index in [1.165, 1.54) is 62.8 Å². The molecule has 2 atom stereocenters. The summed E-state index contributed by atoms with van der Waals surface area (Å²) in [5.41, 5.74) is 0.0459. The average Bonchev–Trinajstić information content (AvgIpc) is 2.94. The van der Waals surface area contributed by atoms with Crippen molar-refractivity contribution in [2.24, 2.45) is 0 Å². The number of ether oxygens (including phenoxy) is 1. The topological polar surface area (TPSA) is 92.1 Å². The summed E-state index contributed by atoms with van der Waals surface area (Å²) in [5.74, 6) is -1.95. The molecule has 4 rings (SSSR count). The number of rotatable bonds is 15. The van der Waals surface area contributed by atoms with Gasteiger partial charge in [0, 0.05) is 44.0 Å². The van der Waals surface area contributed by atoms with Crippen molar-refractivity contribution < 1.29 is 23.8 Å². The molecular weight excluding hydrogens is 545 g/mol. The van der Waals surface area contributed by atoms with Crippen LogP contribution in [0.4, 0.5) is 10.1 Å². The van der Waals surface area contributed by atoms with E-state index in [0.717, 1.165) is 12.8 Å². The van der Waals surface area contributed by atoms with Crippen molar-refractivity contribution in [1.82, 2.24) is 9.47 Å². The number of carboxylic acid groups (broad SMARTS) is 1. The first-order chi connectivity index (χ1) is 19.7. The Morgan fingerprint density at radius 2 is 1.68 bits per heavy atom. The van der Waals surface area contributed by atoms with Crippen LogP contribution >= 0.6 is 11.8 Å². The second-order valence-electron chi connectivity index (χ2n) is 11.4. The quantitative estimate of drug-likeness (QED) is 0.188. The van der Waals surface area contributed by atoms with Gasteiger partial charge in [-0.3, -0.25) is 14.5 Å². The number of aromatic nitrogens is 1. The SMILES string of the molecule is CCCCCCCCCCCC(=O)OCC(C)N1CCN(c2cc3c(cc2F)c(=O)c(C(=O)O)c2n3C(C)S2)CC1. The van der Waals surface area contributed by atoms with Gasteiger partial charge in [0.25, 0.3) is 0 Å². The van der Waals surface area contributed by atoms with Crippen LogP contribution in [0.5, 0.6) is 0 Å². The molecule has 0 aliphatic carbocycles. The number of anilines is 1. The van der Waals surface area contributed by atoms with Crippen LogP contribution < -0.4 is 10.3 Å². The van der Waals surface area contributed by atoms with Gasteiger partial charge in [-0.2, -0.15) is 0 Å². The summed E-state index contributed by atoms with van der Waals surface area (Å²) in [7, 11) is 0. The number of unbranched alkanes of at least 4 members (excludes halogenated alkanes) is 8. The van der Waals surface area contributed by atoms with Crippen molar-refractivity contribution in [3.8, 4) is 0 Å². The molecule has 0 radical (unpaired) electrons. The minimum Gasteiger partial charge on any atom is -0.477 e. The maximum absolute atomic E-state index is 15.2. The van der Waals surface area contributed by atoms with E-state index in [9.17, 15) is 19.5 Å². The summed E-state index contributed by atoms with van der Waals surface area (Å²) in [6.45, 7) is 9.11. The van der Waals surface area contributed by atoms with Gasteiger partial charge in [-0.25, -0.2) is 9.18 Å². The van der Waals surface area contributed by atoms with E-state index in [-0.39, 0.29) is 28.3 Å². The molecule has 8 nitrogen and oxygen atoms in total. The fourth-order valence-corrected chi connectivity index (χ4v) is 7.00. The van der Waals surface area contributed by atoms with E-state index in [2.05, 4.69) is 11.8 Å². The lowest BCUT2D eigenvalue weighted by atomic mass is 10.1. The molecule has 41 heavy (non-hydrogen) atoms. The normalized spacial score (nSPS) is 17.8. The van der Waals surface area contributed by atoms with Crippen LogP contribution in [-0.4, -0.2) is 65.3 Å². The first kappa shape index (κ1) is 31.3. The third-order valence-corrected chi connectivity index (χ3v) is 9.51. The monoisotopic (exact) mass is 589 g/mol. The molecule has 1 aromatic carbocycles. The second-order valence-corrected chi connectivity index (χ2v) is 12.7. The number of fused-ring (bicyclic) bond motifs is 3. The third-order valence-electron chi connectivity index (χ3n) is 8.34. The first-order valence-electron chi connectivity index (χ1n) is 15.2. The molecule has 2 aliphatic rings. The third kappa shape index (κ3) is 7.44. The molecule has 1 saturated heterocycles. The molecule has 2 aromatic rings. The number of pyridine rings is 1. The molecule has 226 valence electrons. The lowest BCUT2D eigenvalue weighted by Gasteiger charge is -2.39. The van der Waals surface area contributed by atoms with Gasteiger partial charge in [-0.15, -0.1) is 0 Å². The Labute approximate surface area is 246 Å². The van der Waals surface area contributed by atoms with Gasteiger partial charge in [-0.1, -0.05) is 70.1 Å². The predicted octanol–water partition coefficient (Wildman–Crippen LogP) is 6.44. The zero-order chi connectivity index (χ0) is 29.5. The highest BCUT2D eigenvalue weighted by atomic mass is 32.2. The number of esters is 1. The van der Waals surface area contributed by atoms with Crippen LogP contribution in [0.15, 0.2) is 22.0 Å². The predicted molar refractivity (Wildman–Crippen MR) is 162 cm³/mol. The molecule has 10 heteroatoms. The second kappa shape index (κ2) is 14.5. The Kier molecular flexibility index (Phi) is 11.1. The fraction of sp³-hybridized carbons (Fsp3) is 0.645. The summed E-state index contributed by atoms with van der Waals surface area (Å²) in [5, 5.41) is 10.0. The van der Waals surface area contributed by atoms with Gasteiger partial charge < -0.3 is 19.3 Å². The van der Waals surface area contributed by atoms with Crippen molar-refractivity contribution in [3.05, 3.63) is 33.7 Å². The molecule has 3 heterocycles. The first-order valence-corrected chi connectivity index (χ1v) is 16.1. The summed E-state index contributed by atoms with van der Waals surface area (Å²) in [6.07, 6.45) is 11.4. The number of aromatic carboxylic acids is 1. The van der Waals surface area contributed by atoms with E-state index in [1.807, 2.05) is 23.3 Å². The minimum absolute atomic E-state index is 0.0368. The van der Waals surface area contributed by atoms with Crippen LogP contribution in [-0.2, 0) is 9.53 Å². The zero-order valence-electron chi connectivity index (χ0n) is 24.6. The molecule has 0 amide bonds. The Balaban J connectivity index is 1.24. The van der Waals surface area contributed by atoms with Crippen LogP contribution in [0.3, 0.4) is 0 Å². The molecule has 2 unspecified atom stereocenters. The largest absolute Gasteiger partial charge is 0.477 e. The maximum atomic E-state index is 15.2. The number of thioether (sulfide) groups is 1. The van der Waals surface area contributed by atoms with E-state index in [4.69, 9.17) is 4.74 Å². The molecule has 0 bridgehead atoms. The van der Waals surface area contributed by atoms with E-state index in [0.29, 0.717) is 55.4 Å². The van der Waals surface area contributed by atoms with Gasteiger partial charge in [0.2, 0.25) is 5.43 Å². The smallest absolute Gasteiger partial charge is 0.342 e. The van der Waals surface area contributed by atoms with E-state index in [1.54, 1.807) is 6.07 Å². The molecule has 2 aliphatic heterocycles. The zero-order valence-corrected chi connectivity index (χ0v) is 25.4. The van der Waals surface area contributed by atoms with Crippen molar-refractivity contribution in [2.45, 2.75) is 101 Å². The summed E-state index contributed by atoms with van der Waals surface area (Å²) in [4.78, 5) is 41.0. The highest BCUT2D eigenvalue weighted by Crippen LogP contribution is 2.46. The van der Waals surface area contributed by atoms with Gasteiger partial charge in [-0.05, 0) is 32.4 Å². The Hall–Kier alpha value is -2.59. The Bertz CT molecular complexity index is 1290. The van der Waals surface area contributed by atoms with Crippen molar-refractivity contribution in [2.75, 3.05) is 37.7 Å². The number of carbonyl (C=O) groups is 2. The number of halogens is 1. The summed E-state index contributed by atoms with van der Waals surface area (Å²) < 4.78 is 22.6. The number of carboxylic acids is 1. The van der Waals surface area contributed by atoms with Crippen LogP contribution in [0.25, 0.3) is 10.9 Å². The summed E-state index contributed by atoms with van der Waals surface area (Å²) >= 11 is 1.34. The lowest BCUT2D eigenvalue weighted by molar-refractivity contribution is -0.145. The number of hydrogen-bond acceptors (Lipinski definition) is 7. The van der Waals surface area contributed by atoms with Crippen LogP contribution in [0.2, 0.25) is 0 Å². The highest BCUT2D eigenvalue weighted by Gasteiger charge is 2.33. The fourth-order valence-electron chi connectivity index (χ4n) is 5.84. The molecule has 0 spiro atoms. The number of benzene rings is 1. The standard InChI is InChI=1S/C31H44FN3O5S/c1-4-5-6-7-8-9-10-11-12-13-27(36)40-20-21(2)33-14-16-34(17-15-33)26-19-25-23(18-24(26)32)29(37)28(31(38)39)30-35(25)22(3)41-30/h18-19,21-22H,4-17,20H2,1-3H3,(H,38,39). The van der Waals surface area contributed by atoms with Crippen LogP contribution in [0, 0.1) is 5.82 Å². The van der Waals surface area contributed by atoms with Crippen LogP contribution in [0.1, 0.15) is 101 Å². The molecule has 1 N–H and O–H groups in total. The number of hydrogen-bond donors (Lipinski definition) is 1. The number of carbonyl (C=O) groups excluding carboxylic acids is 1. The van der Waals surface area contributed by atoms with E-state index >= 15 is 4.39 Å². The molecule has 0 saturated carbocycles. The van der Waals surface area contributed by atoms with E-state index < -0.39 is 17.2 Å². The van der Waals surface area contributed by atoms with Gasteiger partial charge >= 0.3 is 11.9 Å². The van der Waals surface area contributed by atoms with Gasteiger partial charge in [0.05, 0.1) is 21.6 Å². The molecule has 1 fully saturated rings. The Morgan fingerprint density at radius 3 is 2.29 bits per heavy atom. The summed E-state index contributed by atoms with van der Waals surface area (Å²) in [6, 6.07) is 2.94. The average molecular weight is 590 g/mol. The van der Waals surface area contributed by atoms with Crippen molar-refractivity contribution >= 4 is 40.3 Å². The maximum Gasteiger partial charge on any atom is 0.342 e. The number of nitrogens with zero attached hydrogens (tertiary/aromatic N) is 3. The van der Waals surface area contributed by atoms with Crippen molar-refractivity contribution in [1.29, 1.82) is 0 Å². The lowest BCUT2D eigenvalue weighted by Crippen LogP contribution is -2.51.